The number of nitrogens with one attached hydrogen (secondary N) is 1. The summed E-state index contributed by atoms with van der Waals surface area (Å²) in [6.45, 7) is 4.61. The molecule has 0 aliphatic heterocycles. The van der Waals surface area contributed by atoms with Gasteiger partial charge in [0.05, 0.1) is 28.7 Å². The highest BCUT2D eigenvalue weighted by Crippen LogP contribution is 2.28. The summed E-state index contributed by atoms with van der Waals surface area (Å²) in [6, 6.07) is 10.3. The normalized spacial score (nSPS) is 11.1. The van der Waals surface area contributed by atoms with Gasteiger partial charge in [-0.1, -0.05) is 24.9 Å². The number of sulfonamides is 1. The lowest BCUT2D eigenvalue weighted by molar-refractivity contribution is 0.0500. The van der Waals surface area contributed by atoms with Gasteiger partial charge in [0.15, 0.2) is 0 Å². The number of benzene rings is 2. The van der Waals surface area contributed by atoms with Crippen molar-refractivity contribution in [2.24, 2.45) is 0 Å². The minimum atomic E-state index is -3.82. The molecule has 0 saturated heterocycles. The van der Waals surface area contributed by atoms with E-state index in [4.69, 9.17) is 21.1 Å². The maximum Gasteiger partial charge on any atom is 0.338 e. The SMILES string of the molecule is CCCCOC(=O)c1ccc(NS(=O)(=O)c2ccc(OCC)c(Cl)c2)cc1. The van der Waals surface area contributed by atoms with Gasteiger partial charge in [0, 0.05) is 5.69 Å². The van der Waals surface area contributed by atoms with Crippen LogP contribution in [0.1, 0.15) is 37.0 Å². The van der Waals surface area contributed by atoms with Gasteiger partial charge < -0.3 is 9.47 Å². The second-order valence-electron chi connectivity index (χ2n) is 5.70. The summed E-state index contributed by atoms with van der Waals surface area (Å²) >= 11 is 6.06. The van der Waals surface area contributed by atoms with E-state index in [-0.39, 0.29) is 9.92 Å². The molecule has 2 aromatic carbocycles. The van der Waals surface area contributed by atoms with Crippen molar-refractivity contribution in [1.29, 1.82) is 0 Å². The van der Waals surface area contributed by atoms with Gasteiger partial charge in [-0.05, 0) is 55.8 Å². The predicted octanol–water partition coefficient (Wildman–Crippen LogP) is 4.50. The van der Waals surface area contributed by atoms with Crippen LogP contribution in [0.3, 0.4) is 0 Å². The topological polar surface area (TPSA) is 81.7 Å². The Bertz CT molecular complexity index is 881. The molecule has 0 aliphatic rings. The van der Waals surface area contributed by atoms with E-state index >= 15 is 0 Å². The van der Waals surface area contributed by atoms with Gasteiger partial charge in [-0.3, -0.25) is 4.72 Å². The van der Waals surface area contributed by atoms with E-state index in [1.54, 1.807) is 0 Å². The Labute approximate surface area is 164 Å². The number of ether oxygens (including phenoxy) is 2. The minimum absolute atomic E-state index is 0.0130. The Morgan fingerprint density at radius 3 is 2.41 bits per heavy atom. The van der Waals surface area contributed by atoms with E-state index in [0.717, 1.165) is 12.8 Å². The fraction of sp³-hybridized carbons (Fsp3) is 0.316. The average Bonchev–Trinajstić information content (AvgIpc) is 2.64. The van der Waals surface area contributed by atoms with Crippen molar-refractivity contribution in [3.05, 3.63) is 53.1 Å². The summed E-state index contributed by atoms with van der Waals surface area (Å²) in [5, 5.41) is 0.213. The number of hydrogen-bond acceptors (Lipinski definition) is 5. The molecule has 0 radical (unpaired) electrons. The Hall–Kier alpha value is -2.25. The van der Waals surface area contributed by atoms with E-state index < -0.39 is 16.0 Å². The van der Waals surface area contributed by atoms with Crippen molar-refractivity contribution in [2.45, 2.75) is 31.6 Å². The first-order chi connectivity index (χ1) is 12.9. The van der Waals surface area contributed by atoms with Gasteiger partial charge in [-0.25, -0.2) is 13.2 Å². The molecule has 0 spiro atoms. The highest BCUT2D eigenvalue weighted by atomic mass is 35.5. The fourth-order valence-corrected chi connectivity index (χ4v) is 3.59. The van der Waals surface area contributed by atoms with Crippen LogP contribution in [-0.4, -0.2) is 27.6 Å². The Balaban J connectivity index is 2.09. The van der Waals surface area contributed by atoms with Crippen molar-refractivity contribution >= 4 is 33.3 Å². The molecule has 27 heavy (non-hydrogen) atoms. The first-order valence-corrected chi connectivity index (χ1v) is 10.5. The molecule has 1 N–H and O–H groups in total. The van der Waals surface area contributed by atoms with E-state index in [1.165, 1.54) is 42.5 Å². The first-order valence-electron chi connectivity index (χ1n) is 8.59. The van der Waals surface area contributed by atoms with Gasteiger partial charge >= 0.3 is 5.97 Å². The van der Waals surface area contributed by atoms with Crippen LogP contribution in [-0.2, 0) is 14.8 Å². The van der Waals surface area contributed by atoms with Crippen LogP contribution in [0, 0.1) is 0 Å². The Morgan fingerprint density at radius 2 is 1.81 bits per heavy atom. The Kier molecular flexibility index (Phi) is 7.50. The van der Waals surface area contributed by atoms with Crippen molar-refractivity contribution in [1.82, 2.24) is 0 Å². The van der Waals surface area contributed by atoms with Crippen LogP contribution in [0.2, 0.25) is 5.02 Å². The molecule has 0 saturated carbocycles. The van der Waals surface area contributed by atoms with E-state index in [0.29, 0.717) is 30.2 Å². The monoisotopic (exact) mass is 411 g/mol. The number of halogens is 1. The van der Waals surface area contributed by atoms with Gasteiger partial charge in [0.1, 0.15) is 5.75 Å². The lowest BCUT2D eigenvalue weighted by Gasteiger charge is -2.11. The smallest absolute Gasteiger partial charge is 0.338 e. The van der Waals surface area contributed by atoms with Gasteiger partial charge in [-0.15, -0.1) is 0 Å². The van der Waals surface area contributed by atoms with Crippen LogP contribution < -0.4 is 9.46 Å². The molecule has 0 heterocycles. The zero-order chi connectivity index (χ0) is 19.9. The third-order valence-electron chi connectivity index (χ3n) is 3.62. The molecule has 0 atom stereocenters. The standard InChI is InChI=1S/C19H22ClNO5S/c1-3-5-12-26-19(22)14-6-8-15(9-7-14)21-27(23,24)16-10-11-18(25-4-2)17(20)13-16/h6-11,13,21H,3-5,12H2,1-2H3. The molecule has 0 aliphatic carbocycles. The van der Waals surface area contributed by atoms with Crippen molar-refractivity contribution < 1.29 is 22.7 Å². The Morgan fingerprint density at radius 1 is 1.11 bits per heavy atom. The van der Waals surface area contributed by atoms with E-state index in [9.17, 15) is 13.2 Å². The first kappa shape index (κ1) is 21.1. The number of carbonyl (C=O) groups is 1. The zero-order valence-corrected chi connectivity index (χ0v) is 16.8. The highest BCUT2D eigenvalue weighted by molar-refractivity contribution is 7.92. The molecule has 2 aromatic rings. The summed E-state index contributed by atoms with van der Waals surface area (Å²) in [5.74, 6) is -0.0137. The van der Waals surface area contributed by atoms with Crippen LogP contribution in [0.25, 0.3) is 0 Å². The second-order valence-corrected chi connectivity index (χ2v) is 7.79. The molecular formula is C19H22ClNO5S. The second kappa shape index (κ2) is 9.62. The van der Waals surface area contributed by atoms with Crippen LogP contribution in [0.15, 0.2) is 47.4 Å². The zero-order valence-electron chi connectivity index (χ0n) is 15.2. The summed E-state index contributed by atoms with van der Waals surface area (Å²) < 4.78 is 37.9. The van der Waals surface area contributed by atoms with Crippen LogP contribution >= 0.6 is 11.6 Å². The number of esters is 1. The summed E-state index contributed by atoms with van der Waals surface area (Å²) in [7, 11) is -3.82. The largest absolute Gasteiger partial charge is 0.492 e. The minimum Gasteiger partial charge on any atom is -0.492 e. The van der Waals surface area contributed by atoms with Gasteiger partial charge in [-0.2, -0.15) is 0 Å². The summed E-state index contributed by atoms with van der Waals surface area (Å²) in [6.07, 6.45) is 1.73. The number of carbonyl (C=O) groups excluding carboxylic acids is 1. The van der Waals surface area contributed by atoms with Crippen molar-refractivity contribution in [3.8, 4) is 5.75 Å². The van der Waals surface area contributed by atoms with Crippen molar-refractivity contribution in [3.63, 3.8) is 0 Å². The lowest BCUT2D eigenvalue weighted by atomic mass is 10.2. The molecule has 146 valence electrons. The molecule has 0 unspecified atom stereocenters. The molecule has 2 rings (SSSR count). The summed E-state index contributed by atoms with van der Waals surface area (Å²) in [4.78, 5) is 11.9. The molecule has 0 bridgehead atoms. The third-order valence-corrected chi connectivity index (χ3v) is 5.29. The lowest BCUT2D eigenvalue weighted by Crippen LogP contribution is -2.13. The predicted molar refractivity (Wildman–Crippen MR) is 105 cm³/mol. The quantitative estimate of drug-likeness (QED) is 0.485. The van der Waals surface area contributed by atoms with Gasteiger partial charge in [0.2, 0.25) is 0 Å². The molecule has 6 nitrogen and oxygen atoms in total. The molecule has 0 aromatic heterocycles. The van der Waals surface area contributed by atoms with Crippen LogP contribution in [0.4, 0.5) is 5.69 Å². The highest BCUT2D eigenvalue weighted by Gasteiger charge is 2.17. The fourth-order valence-electron chi connectivity index (χ4n) is 2.20. The summed E-state index contributed by atoms with van der Waals surface area (Å²) in [5.41, 5.74) is 0.684. The maximum atomic E-state index is 12.5. The van der Waals surface area contributed by atoms with Crippen LogP contribution in [0.5, 0.6) is 5.75 Å². The van der Waals surface area contributed by atoms with Crippen molar-refractivity contribution in [2.75, 3.05) is 17.9 Å². The number of unbranched alkanes of at least 4 members (excludes halogenated alkanes) is 1. The average molecular weight is 412 g/mol. The van der Waals surface area contributed by atoms with E-state index in [2.05, 4.69) is 4.72 Å². The van der Waals surface area contributed by atoms with Gasteiger partial charge in [0.25, 0.3) is 10.0 Å². The maximum absolute atomic E-state index is 12.5. The molecular weight excluding hydrogens is 390 g/mol. The molecule has 0 fully saturated rings. The number of hydrogen-bond donors (Lipinski definition) is 1. The molecule has 8 heteroatoms. The number of anilines is 1. The van der Waals surface area contributed by atoms with E-state index in [1.807, 2.05) is 13.8 Å². The third kappa shape index (κ3) is 5.87. The number of rotatable bonds is 9. The molecule has 0 amide bonds.